The fourth-order valence-electron chi connectivity index (χ4n) is 5.24. The van der Waals surface area contributed by atoms with Crippen LogP contribution in [0.1, 0.15) is 67.7 Å². The van der Waals surface area contributed by atoms with Gasteiger partial charge in [-0.2, -0.15) is 0 Å². The van der Waals surface area contributed by atoms with Gasteiger partial charge >= 0.3 is 5.97 Å². The summed E-state index contributed by atoms with van der Waals surface area (Å²) in [5, 5.41) is 11.3. The number of rotatable bonds is 11. The van der Waals surface area contributed by atoms with Crippen LogP contribution >= 0.6 is 0 Å². The monoisotopic (exact) mass is 536 g/mol. The highest BCUT2D eigenvalue weighted by Crippen LogP contribution is 2.56. The van der Waals surface area contributed by atoms with Crippen molar-refractivity contribution in [1.29, 1.82) is 0 Å². The summed E-state index contributed by atoms with van der Waals surface area (Å²) in [6, 6.07) is 14.9. The first kappa shape index (κ1) is 27.1. The van der Waals surface area contributed by atoms with E-state index in [1.807, 2.05) is 13.0 Å². The van der Waals surface area contributed by atoms with E-state index in [9.17, 15) is 14.3 Å². The molecule has 0 aromatic heterocycles. The van der Waals surface area contributed by atoms with Gasteiger partial charge in [-0.15, -0.1) is 0 Å². The van der Waals surface area contributed by atoms with Crippen molar-refractivity contribution in [3.63, 3.8) is 0 Å². The normalized spacial score (nSPS) is 17.3. The SMILES string of the molecule is COC(=O)C[C@H](c1cccc(OCc2ccc(-c3cc(OC)ccc3F)c([C@H](O)C3(C)CC3)c2)c1F)C1CC1. The Kier molecular flexibility index (Phi) is 7.63. The fraction of sp³-hybridized carbons (Fsp3) is 0.406. The molecule has 0 aliphatic heterocycles. The first-order valence-corrected chi connectivity index (χ1v) is 13.4. The lowest BCUT2D eigenvalue weighted by molar-refractivity contribution is -0.141. The fourth-order valence-corrected chi connectivity index (χ4v) is 5.24. The number of hydrogen-bond donors (Lipinski definition) is 1. The quantitative estimate of drug-likeness (QED) is 0.265. The largest absolute Gasteiger partial charge is 0.497 e. The lowest BCUT2D eigenvalue weighted by atomic mass is 9.87. The second-order valence-electron chi connectivity index (χ2n) is 11.0. The zero-order valence-corrected chi connectivity index (χ0v) is 22.5. The molecule has 1 N–H and O–H groups in total. The van der Waals surface area contributed by atoms with Gasteiger partial charge in [-0.1, -0.05) is 31.2 Å². The van der Waals surface area contributed by atoms with Crippen molar-refractivity contribution in [1.82, 2.24) is 0 Å². The molecule has 0 amide bonds. The Morgan fingerprint density at radius 2 is 1.79 bits per heavy atom. The summed E-state index contributed by atoms with van der Waals surface area (Å²) in [6.07, 6.45) is 2.99. The third kappa shape index (κ3) is 5.78. The van der Waals surface area contributed by atoms with Gasteiger partial charge in [-0.3, -0.25) is 4.79 Å². The summed E-state index contributed by atoms with van der Waals surface area (Å²) in [6.45, 7) is 2.07. The molecule has 7 heteroatoms. The van der Waals surface area contributed by atoms with Gasteiger partial charge in [0.25, 0.3) is 0 Å². The van der Waals surface area contributed by atoms with E-state index in [0.29, 0.717) is 28.0 Å². The molecule has 0 saturated heterocycles. The minimum absolute atomic E-state index is 0.0583. The number of carbonyl (C=O) groups is 1. The molecule has 0 heterocycles. The molecule has 0 radical (unpaired) electrons. The number of esters is 1. The van der Waals surface area contributed by atoms with Gasteiger partial charge < -0.3 is 19.3 Å². The molecule has 2 aliphatic carbocycles. The van der Waals surface area contributed by atoms with Gasteiger partial charge in [0, 0.05) is 11.5 Å². The minimum atomic E-state index is -0.796. The number of hydrogen-bond acceptors (Lipinski definition) is 5. The zero-order valence-electron chi connectivity index (χ0n) is 22.5. The van der Waals surface area contributed by atoms with Crippen molar-refractivity contribution < 1.29 is 32.9 Å². The number of ether oxygens (including phenoxy) is 3. The third-order valence-corrected chi connectivity index (χ3v) is 8.17. The van der Waals surface area contributed by atoms with Gasteiger partial charge in [0.05, 0.1) is 26.7 Å². The first-order chi connectivity index (χ1) is 18.7. The standard InChI is InChI=1S/C32H34F2O5/c1-32(13-14-32)31(36)26-15-19(7-11-22(26)25-16-21(37-2)10-12-27(25)33)18-39-28-6-4-5-23(30(28)34)24(20-8-9-20)17-29(35)38-3/h4-7,10-12,15-16,20,24,31,36H,8-9,13-14,17-18H2,1-3H3/t24-,31-/m0/s1. The van der Waals surface area contributed by atoms with Crippen molar-refractivity contribution in [3.8, 4) is 22.6 Å². The molecule has 206 valence electrons. The van der Waals surface area contributed by atoms with Crippen LogP contribution in [0.3, 0.4) is 0 Å². The van der Waals surface area contributed by atoms with Crippen LogP contribution in [-0.4, -0.2) is 25.3 Å². The molecule has 0 spiro atoms. The van der Waals surface area contributed by atoms with Crippen molar-refractivity contribution in [3.05, 3.63) is 82.9 Å². The summed E-state index contributed by atoms with van der Waals surface area (Å²) in [7, 11) is 2.86. The number of aliphatic hydroxyl groups excluding tert-OH is 1. The van der Waals surface area contributed by atoms with E-state index >= 15 is 4.39 Å². The van der Waals surface area contributed by atoms with E-state index in [2.05, 4.69) is 0 Å². The van der Waals surface area contributed by atoms with E-state index in [1.54, 1.807) is 42.5 Å². The Bertz CT molecular complexity index is 1360. The highest BCUT2D eigenvalue weighted by atomic mass is 19.1. The number of aliphatic hydroxyl groups is 1. The topological polar surface area (TPSA) is 65.0 Å². The molecule has 0 unspecified atom stereocenters. The Morgan fingerprint density at radius 1 is 1.03 bits per heavy atom. The molecule has 2 saturated carbocycles. The number of methoxy groups -OCH3 is 2. The summed E-state index contributed by atoms with van der Waals surface area (Å²) in [5.41, 5.74) is 2.43. The van der Waals surface area contributed by atoms with E-state index in [1.165, 1.54) is 20.3 Å². The van der Waals surface area contributed by atoms with Gasteiger partial charge in [0.1, 0.15) is 18.2 Å². The van der Waals surface area contributed by atoms with Gasteiger partial charge in [0.2, 0.25) is 0 Å². The Hall–Kier alpha value is -3.45. The van der Waals surface area contributed by atoms with Crippen molar-refractivity contribution >= 4 is 5.97 Å². The van der Waals surface area contributed by atoms with E-state index < -0.39 is 17.7 Å². The number of halogens is 2. The molecular formula is C32H34F2O5. The lowest BCUT2D eigenvalue weighted by Gasteiger charge is -2.23. The predicted molar refractivity (Wildman–Crippen MR) is 144 cm³/mol. The van der Waals surface area contributed by atoms with E-state index in [-0.39, 0.29) is 42.0 Å². The number of benzene rings is 3. The van der Waals surface area contributed by atoms with Crippen LogP contribution in [-0.2, 0) is 16.1 Å². The maximum Gasteiger partial charge on any atom is 0.306 e. The van der Waals surface area contributed by atoms with Crippen LogP contribution in [0.25, 0.3) is 11.1 Å². The van der Waals surface area contributed by atoms with Crippen molar-refractivity contribution in [2.75, 3.05) is 14.2 Å². The molecule has 0 bridgehead atoms. The highest BCUT2D eigenvalue weighted by molar-refractivity contribution is 5.71. The Labute approximate surface area is 227 Å². The summed E-state index contributed by atoms with van der Waals surface area (Å²) in [5.74, 6) is -0.624. The third-order valence-electron chi connectivity index (χ3n) is 8.17. The summed E-state index contributed by atoms with van der Waals surface area (Å²) < 4.78 is 46.5. The second-order valence-corrected chi connectivity index (χ2v) is 11.0. The molecule has 39 heavy (non-hydrogen) atoms. The van der Waals surface area contributed by atoms with Crippen LogP contribution < -0.4 is 9.47 Å². The van der Waals surface area contributed by atoms with Crippen LogP contribution in [0, 0.1) is 23.0 Å². The average Bonchev–Trinajstić information content (AvgIpc) is 3.88. The highest BCUT2D eigenvalue weighted by Gasteiger charge is 2.45. The smallest absolute Gasteiger partial charge is 0.306 e. The lowest BCUT2D eigenvalue weighted by Crippen LogP contribution is -2.13. The van der Waals surface area contributed by atoms with Gasteiger partial charge in [-0.25, -0.2) is 8.78 Å². The molecular weight excluding hydrogens is 502 g/mol. The molecule has 2 fully saturated rings. The van der Waals surface area contributed by atoms with E-state index in [4.69, 9.17) is 14.2 Å². The van der Waals surface area contributed by atoms with Crippen molar-refractivity contribution in [2.24, 2.45) is 11.3 Å². The summed E-state index contributed by atoms with van der Waals surface area (Å²) >= 11 is 0. The maximum atomic E-state index is 15.6. The molecule has 2 atom stereocenters. The molecule has 2 aliphatic rings. The zero-order chi connectivity index (χ0) is 27.7. The molecule has 5 nitrogen and oxygen atoms in total. The van der Waals surface area contributed by atoms with Crippen LogP contribution in [0.2, 0.25) is 0 Å². The Morgan fingerprint density at radius 3 is 2.46 bits per heavy atom. The molecule has 5 rings (SSSR count). The van der Waals surface area contributed by atoms with E-state index in [0.717, 1.165) is 31.2 Å². The maximum absolute atomic E-state index is 15.6. The van der Waals surface area contributed by atoms with Crippen LogP contribution in [0.5, 0.6) is 11.5 Å². The number of carbonyl (C=O) groups excluding carboxylic acids is 1. The van der Waals surface area contributed by atoms with Crippen LogP contribution in [0.4, 0.5) is 8.78 Å². The summed E-state index contributed by atoms with van der Waals surface area (Å²) in [4.78, 5) is 12.0. The van der Waals surface area contributed by atoms with Crippen molar-refractivity contribution in [2.45, 2.75) is 57.7 Å². The first-order valence-electron chi connectivity index (χ1n) is 13.4. The molecule has 3 aromatic rings. The minimum Gasteiger partial charge on any atom is -0.497 e. The predicted octanol–water partition coefficient (Wildman–Crippen LogP) is 7.11. The van der Waals surface area contributed by atoms with Gasteiger partial charge in [-0.05, 0) is 89.6 Å². The second kappa shape index (κ2) is 11.0. The van der Waals surface area contributed by atoms with Gasteiger partial charge in [0.15, 0.2) is 11.6 Å². The average molecular weight is 537 g/mol. The Balaban J connectivity index is 1.42. The van der Waals surface area contributed by atoms with Crippen LogP contribution in [0.15, 0.2) is 54.6 Å². The molecule has 3 aromatic carbocycles.